The molecule has 2 heterocycles. The molecule has 2 aromatic rings. The molecule has 0 aliphatic heterocycles. The van der Waals surface area contributed by atoms with Crippen LogP contribution >= 0.6 is 0 Å². The molecule has 0 amide bonds. The predicted octanol–water partition coefficient (Wildman–Crippen LogP) is 3.06. The van der Waals surface area contributed by atoms with Crippen molar-refractivity contribution in [1.29, 1.82) is 0 Å². The number of nitrogens with zero attached hydrogens (tertiary/aromatic N) is 3. The maximum absolute atomic E-state index is 5.92. The van der Waals surface area contributed by atoms with E-state index in [2.05, 4.69) is 23.9 Å². The molecular formula is C14H20N4O. The summed E-state index contributed by atoms with van der Waals surface area (Å²) in [5, 5.41) is 4.22. The molecule has 0 aromatic carbocycles. The molecule has 0 unspecified atom stereocenters. The van der Waals surface area contributed by atoms with Gasteiger partial charge in [-0.25, -0.2) is 0 Å². The number of hydrogen-bond acceptors (Lipinski definition) is 4. The second-order valence-electron chi connectivity index (χ2n) is 4.79. The van der Waals surface area contributed by atoms with Gasteiger partial charge < -0.3 is 10.5 Å². The highest BCUT2D eigenvalue weighted by Gasteiger charge is 2.07. The zero-order chi connectivity index (χ0) is 13.8. The van der Waals surface area contributed by atoms with Crippen molar-refractivity contribution in [1.82, 2.24) is 14.8 Å². The summed E-state index contributed by atoms with van der Waals surface area (Å²) in [6.07, 6.45) is 6.13. The van der Waals surface area contributed by atoms with Gasteiger partial charge in [-0.05, 0) is 32.4 Å². The van der Waals surface area contributed by atoms with Crippen LogP contribution in [-0.4, -0.2) is 14.8 Å². The van der Waals surface area contributed by atoms with Gasteiger partial charge in [-0.2, -0.15) is 5.10 Å². The molecule has 1 atom stereocenters. The maximum Gasteiger partial charge on any atom is 0.165 e. The minimum absolute atomic E-state index is 0.0160. The average molecular weight is 260 g/mol. The Hall–Kier alpha value is -1.88. The second-order valence-corrected chi connectivity index (χ2v) is 4.79. The van der Waals surface area contributed by atoms with Crippen LogP contribution in [0.5, 0.6) is 11.5 Å². The van der Waals surface area contributed by atoms with Gasteiger partial charge in [0, 0.05) is 12.1 Å². The summed E-state index contributed by atoms with van der Waals surface area (Å²) in [6, 6.07) is 4.08. The van der Waals surface area contributed by atoms with Gasteiger partial charge in [-0.15, -0.1) is 0 Å². The van der Waals surface area contributed by atoms with Gasteiger partial charge in [0.25, 0.3) is 0 Å². The lowest BCUT2D eigenvalue weighted by atomic mass is 10.1. The van der Waals surface area contributed by atoms with Gasteiger partial charge in [0.05, 0.1) is 24.3 Å². The average Bonchev–Trinajstić information content (AvgIpc) is 2.87. The van der Waals surface area contributed by atoms with Crippen LogP contribution in [-0.2, 0) is 0 Å². The third kappa shape index (κ3) is 3.32. The van der Waals surface area contributed by atoms with Crippen molar-refractivity contribution in [3.63, 3.8) is 0 Å². The van der Waals surface area contributed by atoms with Gasteiger partial charge >= 0.3 is 0 Å². The summed E-state index contributed by atoms with van der Waals surface area (Å²) in [5.41, 5.74) is 6.80. The van der Waals surface area contributed by atoms with Crippen molar-refractivity contribution < 1.29 is 4.74 Å². The largest absolute Gasteiger partial charge is 0.452 e. The summed E-state index contributed by atoms with van der Waals surface area (Å²) in [6.45, 7) is 6.18. The molecule has 0 saturated heterocycles. The van der Waals surface area contributed by atoms with Crippen LogP contribution in [0.25, 0.3) is 0 Å². The molecule has 5 nitrogen and oxygen atoms in total. The molecule has 0 fully saturated rings. The van der Waals surface area contributed by atoms with Crippen molar-refractivity contribution in [3.8, 4) is 11.5 Å². The zero-order valence-corrected chi connectivity index (χ0v) is 11.6. The number of rotatable bonds is 5. The van der Waals surface area contributed by atoms with Gasteiger partial charge in [-0.1, -0.05) is 6.92 Å². The normalized spacial score (nSPS) is 12.7. The van der Waals surface area contributed by atoms with Crippen molar-refractivity contribution in [2.24, 2.45) is 5.73 Å². The molecule has 0 spiro atoms. The Kier molecular flexibility index (Phi) is 4.16. The van der Waals surface area contributed by atoms with Crippen molar-refractivity contribution >= 4 is 0 Å². The minimum atomic E-state index is -0.0160. The standard InChI is InChI=1S/C14H20N4O/c1-4-13(15)14-6-5-11(7-16-14)19-12-8-17-18(9-12)10(2)3/h5-10,13H,4,15H2,1-3H3/t13-/m1/s1. The molecule has 0 bridgehead atoms. The summed E-state index contributed by atoms with van der Waals surface area (Å²) in [4.78, 5) is 4.31. The Morgan fingerprint density at radius 2 is 2.05 bits per heavy atom. The maximum atomic E-state index is 5.92. The molecule has 5 heteroatoms. The molecule has 0 aliphatic carbocycles. The third-order valence-electron chi connectivity index (χ3n) is 2.92. The van der Waals surface area contributed by atoms with Gasteiger partial charge in [0.1, 0.15) is 5.75 Å². The Labute approximate surface area is 113 Å². The highest BCUT2D eigenvalue weighted by Crippen LogP contribution is 2.22. The van der Waals surface area contributed by atoms with Crippen LogP contribution in [0.15, 0.2) is 30.7 Å². The molecule has 2 rings (SSSR count). The zero-order valence-electron chi connectivity index (χ0n) is 11.6. The van der Waals surface area contributed by atoms with Gasteiger partial charge in [0.2, 0.25) is 0 Å². The van der Waals surface area contributed by atoms with E-state index in [-0.39, 0.29) is 6.04 Å². The molecule has 2 N–H and O–H groups in total. The lowest BCUT2D eigenvalue weighted by Crippen LogP contribution is -2.10. The summed E-state index contributed by atoms with van der Waals surface area (Å²) in [5.74, 6) is 1.40. The summed E-state index contributed by atoms with van der Waals surface area (Å²) >= 11 is 0. The highest BCUT2D eigenvalue weighted by molar-refractivity contribution is 5.27. The van der Waals surface area contributed by atoms with Crippen LogP contribution in [0.2, 0.25) is 0 Å². The summed E-state index contributed by atoms with van der Waals surface area (Å²) in [7, 11) is 0. The first-order valence-electron chi connectivity index (χ1n) is 6.53. The number of aromatic nitrogens is 3. The van der Waals surface area contributed by atoms with Crippen molar-refractivity contribution in [3.05, 3.63) is 36.4 Å². The number of hydrogen-bond donors (Lipinski definition) is 1. The minimum Gasteiger partial charge on any atom is -0.452 e. The Bertz CT molecular complexity index is 518. The van der Waals surface area contributed by atoms with Crippen molar-refractivity contribution in [2.45, 2.75) is 39.3 Å². The van der Waals surface area contributed by atoms with E-state index in [1.165, 1.54) is 0 Å². The fourth-order valence-corrected chi connectivity index (χ4v) is 1.67. The van der Waals surface area contributed by atoms with E-state index in [0.29, 0.717) is 17.5 Å². The number of ether oxygens (including phenoxy) is 1. The molecule has 0 saturated carbocycles. The van der Waals surface area contributed by atoms with Gasteiger partial charge in [0.15, 0.2) is 5.75 Å². The topological polar surface area (TPSA) is 66.0 Å². The second kappa shape index (κ2) is 5.84. The monoisotopic (exact) mass is 260 g/mol. The van der Waals surface area contributed by atoms with E-state index in [9.17, 15) is 0 Å². The van der Waals surface area contributed by atoms with Crippen molar-refractivity contribution in [2.75, 3.05) is 0 Å². The van der Waals surface area contributed by atoms with Gasteiger partial charge in [-0.3, -0.25) is 9.67 Å². The quantitative estimate of drug-likeness (QED) is 0.897. The van der Waals surface area contributed by atoms with Crippen LogP contribution in [0, 0.1) is 0 Å². The Morgan fingerprint density at radius 3 is 2.58 bits per heavy atom. The fraction of sp³-hybridized carbons (Fsp3) is 0.429. The van der Waals surface area contributed by atoms with E-state index in [0.717, 1.165) is 12.1 Å². The molecule has 102 valence electrons. The Morgan fingerprint density at radius 1 is 1.26 bits per heavy atom. The van der Waals surface area contributed by atoms with Crippen LogP contribution in [0.3, 0.4) is 0 Å². The first-order valence-corrected chi connectivity index (χ1v) is 6.53. The smallest absolute Gasteiger partial charge is 0.165 e. The van der Waals surface area contributed by atoms with E-state index >= 15 is 0 Å². The van der Waals surface area contributed by atoms with Crippen LogP contribution in [0.4, 0.5) is 0 Å². The molecule has 2 aromatic heterocycles. The molecule has 0 radical (unpaired) electrons. The molecular weight excluding hydrogens is 240 g/mol. The molecule has 0 aliphatic rings. The SMILES string of the molecule is CC[C@@H](N)c1ccc(Oc2cnn(C(C)C)c2)cn1. The summed E-state index contributed by atoms with van der Waals surface area (Å²) < 4.78 is 7.54. The predicted molar refractivity (Wildman–Crippen MR) is 74.1 cm³/mol. The Balaban J connectivity index is 2.06. The lowest BCUT2D eigenvalue weighted by Gasteiger charge is -2.08. The molecule has 19 heavy (non-hydrogen) atoms. The van der Waals surface area contributed by atoms with E-state index in [4.69, 9.17) is 10.5 Å². The fourth-order valence-electron chi connectivity index (χ4n) is 1.67. The van der Waals surface area contributed by atoms with Crippen LogP contribution < -0.4 is 10.5 Å². The first kappa shape index (κ1) is 13.5. The lowest BCUT2D eigenvalue weighted by molar-refractivity contribution is 0.474. The van der Waals surface area contributed by atoms with E-state index in [1.807, 2.05) is 29.9 Å². The number of pyridine rings is 1. The first-order chi connectivity index (χ1) is 9.10. The van der Waals surface area contributed by atoms with E-state index in [1.54, 1.807) is 12.4 Å². The van der Waals surface area contributed by atoms with Crippen LogP contribution in [0.1, 0.15) is 45.0 Å². The number of nitrogens with two attached hydrogens (primary N) is 1. The third-order valence-corrected chi connectivity index (χ3v) is 2.92. The van der Waals surface area contributed by atoms with E-state index < -0.39 is 0 Å². The highest BCUT2D eigenvalue weighted by atomic mass is 16.5.